The first-order valence-corrected chi connectivity index (χ1v) is 8.54. The lowest BCUT2D eigenvalue weighted by atomic mass is 9.98. The molecule has 116 valence electrons. The van der Waals surface area contributed by atoms with Crippen molar-refractivity contribution >= 4 is 23.3 Å². The minimum Gasteiger partial charge on any atom is -0.351 e. The zero-order valence-electron chi connectivity index (χ0n) is 13.1. The third-order valence-electron chi connectivity index (χ3n) is 4.06. The molecule has 1 aliphatic heterocycles. The number of likely N-dealkylation sites (tertiary alicyclic amines) is 1. The first-order valence-electron chi connectivity index (χ1n) is 7.66. The summed E-state index contributed by atoms with van der Waals surface area (Å²) in [5.41, 5.74) is 0.853. The highest BCUT2D eigenvalue weighted by Crippen LogP contribution is 2.17. The van der Waals surface area contributed by atoms with Crippen LogP contribution in [0.4, 0.5) is 0 Å². The summed E-state index contributed by atoms with van der Waals surface area (Å²) in [5, 5.41) is 5.95. The Kier molecular flexibility index (Phi) is 5.94. The topological polar surface area (TPSA) is 45.2 Å². The van der Waals surface area contributed by atoms with Crippen LogP contribution in [0.2, 0.25) is 0 Å². The van der Waals surface area contributed by atoms with E-state index in [2.05, 4.69) is 29.0 Å². The first-order chi connectivity index (χ1) is 10.0. The molecule has 1 saturated heterocycles. The average molecular weight is 307 g/mol. The van der Waals surface area contributed by atoms with E-state index in [-0.39, 0.29) is 5.91 Å². The molecule has 0 aromatic carbocycles. The van der Waals surface area contributed by atoms with Crippen LogP contribution < -0.4 is 5.32 Å². The Morgan fingerprint density at radius 2 is 2.29 bits per heavy atom. The maximum absolute atomic E-state index is 11.8. The van der Waals surface area contributed by atoms with Gasteiger partial charge < -0.3 is 5.32 Å². The number of carbonyl (C=O) groups excluding carboxylic acids is 1. The SMILES string of the molecule is Cc1nc(/C=C/C(=O)NC[C@@H](C)N2CCC(C)CC2)cs1. The fourth-order valence-corrected chi connectivity index (χ4v) is 3.10. The van der Waals surface area contributed by atoms with E-state index in [4.69, 9.17) is 0 Å². The summed E-state index contributed by atoms with van der Waals surface area (Å²) in [6.45, 7) is 9.45. The number of hydrogen-bond acceptors (Lipinski definition) is 4. The molecule has 1 aromatic rings. The molecule has 0 spiro atoms. The Balaban J connectivity index is 1.72. The third-order valence-corrected chi connectivity index (χ3v) is 4.85. The monoisotopic (exact) mass is 307 g/mol. The van der Waals surface area contributed by atoms with Gasteiger partial charge in [-0.05, 0) is 51.8 Å². The molecule has 1 N–H and O–H groups in total. The smallest absolute Gasteiger partial charge is 0.244 e. The van der Waals surface area contributed by atoms with Gasteiger partial charge in [-0.2, -0.15) is 0 Å². The second kappa shape index (κ2) is 7.71. The molecule has 0 unspecified atom stereocenters. The van der Waals surface area contributed by atoms with Crippen molar-refractivity contribution in [2.45, 2.75) is 39.7 Å². The molecule has 1 aromatic heterocycles. The maximum Gasteiger partial charge on any atom is 0.244 e. The van der Waals surface area contributed by atoms with E-state index in [0.717, 1.165) is 29.7 Å². The minimum atomic E-state index is -0.0436. The fourth-order valence-electron chi connectivity index (χ4n) is 2.52. The Morgan fingerprint density at radius 1 is 1.57 bits per heavy atom. The molecule has 1 fully saturated rings. The van der Waals surface area contributed by atoms with Crippen molar-refractivity contribution in [2.24, 2.45) is 5.92 Å². The summed E-state index contributed by atoms with van der Waals surface area (Å²) in [6, 6.07) is 0.399. The molecular formula is C16H25N3OS. The van der Waals surface area contributed by atoms with E-state index in [0.29, 0.717) is 12.6 Å². The summed E-state index contributed by atoms with van der Waals surface area (Å²) in [7, 11) is 0. The van der Waals surface area contributed by atoms with Crippen LogP contribution in [-0.2, 0) is 4.79 Å². The number of hydrogen-bond donors (Lipinski definition) is 1. The zero-order valence-corrected chi connectivity index (χ0v) is 13.9. The molecule has 0 radical (unpaired) electrons. The van der Waals surface area contributed by atoms with Gasteiger partial charge in [0.2, 0.25) is 5.91 Å². The predicted octanol–water partition coefficient (Wildman–Crippen LogP) is 2.70. The highest BCUT2D eigenvalue weighted by molar-refractivity contribution is 7.09. The van der Waals surface area contributed by atoms with Gasteiger partial charge in [-0.15, -0.1) is 11.3 Å². The van der Waals surface area contributed by atoms with Crippen molar-refractivity contribution in [3.05, 3.63) is 22.2 Å². The lowest BCUT2D eigenvalue weighted by molar-refractivity contribution is -0.116. The lowest BCUT2D eigenvalue weighted by Gasteiger charge is -2.34. The Labute approximate surface area is 131 Å². The number of amides is 1. The van der Waals surface area contributed by atoms with E-state index in [1.807, 2.05) is 12.3 Å². The summed E-state index contributed by atoms with van der Waals surface area (Å²) >= 11 is 1.59. The van der Waals surface area contributed by atoms with E-state index in [1.54, 1.807) is 23.5 Å². The molecule has 1 aliphatic rings. The quantitative estimate of drug-likeness (QED) is 0.851. The number of nitrogens with zero attached hydrogens (tertiary/aromatic N) is 2. The van der Waals surface area contributed by atoms with Crippen molar-refractivity contribution in [1.82, 2.24) is 15.2 Å². The van der Waals surface area contributed by atoms with Gasteiger partial charge in [-0.3, -0.25) is 9.69 Å². The van der Waals surface area contributed by atoms with Crippen LogP contribution in [-0.4, -0.2) is 41.5 Å². The molecule has 0 aliphatic carbocycles. The molecule has 21 heavy (non-hydrogen) atoms. The van der Waals surface area contributed by atoms with Gasteiger partial charge in [-0.1, -0.05) is 6.92 Å². The first kappa shape index (κ1) is 16.2. The van der Waals surface area contributed by atoms with Crippen molar-refractivity contribution in [1.29, 1.82) is 0 Å². The van der Waals surface area contributed by atoms with Gasteiger partial charge in [0.1, 0.15) is 0 Å². The van der Waals surface area contributed by atoms with Gasteiger partial charge in [0.25, 0.3) is 0 Å². The van der Waals surface area contributed by atoms with Crippen LogP contribution in [0.1, 0.15) is 37.4 Å². The maximum atomic E-state index is 11.8. The normalized spacial score (nSPS) is 19.0. The zero-order chi connectivity index (χ0) is 15.2. The summed E-state index contributed by atoms with van der Waals surface area (Å²) in [6.07, 6.45) is 5.87. The lowest BCUT2D eigenvalue weighted by Crippen LogP contribution is -2.45. The number of carbonyl (C=O) groups is 1. The van der Waals surface area contributed by atoms with Crippen molar-refractivity contribution in [2.75, 3.05) is 19.6 Å². The largest absolute Gasteiger partial charge is 0.351 e. The summed E-state index contributed by atoms with van der Waals surface area (Å²) in [5.74, 6) is 0.797. The van der Waals surface area contributed by atoms with E-state index in [1.165, 1.54) is 12.8 Å². The predicted molar refractivity (Wildman–Crippen MR) is 88.3 cm³/mol. The molecule has 0 saturated carbocycles. The Bertz CT molecular complexity index is 489. The number of nitrogens with one attached hydrogen (secondary N) is 1. The van der Waals surface area contributed by atoms with Crippen LogP contribution in [0.15, 0.2) is 11.5 Å². The minimum absolute atomic E-state index is 0.0436. The molecule has 1 amide bonds. The van der Waals surface area contributed by atoms with Crippen LogP contribution in [0.3, 0.4) is 0 Å². The van der Waals surface area contributed by atoms with Crippen LogP contribution in [0.25, 0.3) is 6.08 Å². The van der Waals surface area contributed by atoms with Gasteiger partial charge in [0, 0.05) is 24.0 Å². The molecule has 2 rings (SSSR count). The van der Waals surface area contributed by atoms with Crippen LogP contribution in [0, 0.1) is 12.8 Å². The molecule has 5 heteroatoms. The third kappa shape index (κ3) is 5.25. The van der Waals surface area contributed by atoms with Gasteiger partial charge in [-0.25, -0.2) is 4.98 Å². The van der Waals surface area contributed by atoms with Crippen LogP contribution in [0.5, 0.6) is 0 Å². The molecule has 4 nitrogen and oxygen atoms in total. The Hall–Kier alpha value is -1.20. The summed E-state index contributed by atoms with van der Waals surface area (Å²) < 4.78 is 0. The second-order valence-electron chi connectivity index (χ2n) is 5.94. The van der Waals surface area contributed by atoms with E-state index in [9.17, 15) is 4.79 Å². The number of rotatable bonds is 5. The average Bonchev–Trinajstić information content (AvgIpc) is 2.89. The second-order valence-corrected chi connectivity index (χ2v) is 7.00. The highest BCUT2D eigenvalue weighted by Gasteiger charge is 2.20. The van der Waals surface area contributed by atoms with Crippen molar-refractivity contribution in [3.63, 3.8) is 0 Å². The van der Waals surface area contributed by atoms with Crippen molar-refractivity contribution in [3.8, 4) is 0 Å². The van der Waals surface area contributed by atoms with Crippen LogP contribution >= 0.6 is 11.3 Å². The fraction of sp³-hybridized carbons (Fsp3) is 0.625. The van der Waals surface area contributed by atoms with Gasteiger partial charge in [0.15, 0.2) is 0 Å². The van der Waals surface area contributed by atoms with E-state index >= 15 is 0 Å². The number of aromatic nitrogens is 1. The molecule has 1 atom stereocenters. The van der Waals surface area contributed by atoms with Gasteiger partial charge in [0.05, 0.1) is 10.7 Å². The highest BCUT2D eigenvalue weighted by atomic mass is 32.1. The molecule has 2 heterocycles. The van der Waals surface area contributed by atoms with E-state index < -0.39 is 0 Å². The number of piperidine rings is 1. The van der Waals surface area contributed by atoms with Gasteiger partial charge >= 0.3 is 0 Å². The number of thiazole rings is 1. The molecule has 0 bridgehead atoms. The standard InChI is InChI=1S/C16H25N3OS/c1-12-6-8-19(9-7-12)13(2)10-17-16(20)5-4-15-11-21-14(3)18-15/h4-5,11-13H,6-10H2,1-3H3,(H,17,20)/b5-4+/t13-/m1/s1. The number of aryl methyl sites for hydroxylation is 1. The Morgan fingerprint density at radius 3 is 2.90 bits per heavy atom. The summed E-state index contributed by atoms with van der Waals surface area (Å²) in [4.78, 5) is 18.6. The van der Waals surface area contributed by atoms with Crippen molar-refractivity contribution < 1.29 is 4.79 Å². The molecular weight excluding hydrogens is 282 g/mol.